The molecule has 0 bridgehead atoms. The fourth-order valence-corrected chi connectivity index (χ4v) is 7.47. The molecule has 4 aliphatic carbocycles. The summed E-state index contributed by atoms with van der Waals surface area (Å²) in [6.45, 7) is 5.84. The van der Waals surface area contributed by atoms with E-state index < -0.39 is 69.9 Å². The molecule has 2 N–H and O–H groups in total. The second kappa shape index (κ2) is 6.47. The van der Waals surface area contributed by atoms with Gasteiger partial charge in [0.15, 0.2) is 11.5 Å². The highest BCUT2D eigenvalue weighted by Crippen LogP contribution is 2.71. The number of ketones is 1. The number of esters is 1. The number of hydrogen-bond donors (Lipinski definition) is 2. The number of allylic oxidation sites excluding steroid dienone is 4. The van der Waals surface area contributed by atoms with Gasteiger partial charge in [-0.05, 0) is 49.8 Å². The lowest BCUT2D eigenvalue weighted by molar-refractivity contribution is -0.236. The highest BCUT2D eigenvalue weighted by atomic mass is 19.1. The summed E-state index contributed by atoms with van der Waals surface area (Å²) >= 11 is 0. The fraction of sp³-hybridized carbons (Fsp3) is 0.696. The molecule has 0 spiro atoms. The van der Waals surface area contributed by atoms with Crippen molar-refractivity contribution in [2.75, 3.05) is 0 Å². The minimum absolute atomic E-state index is 0.0110. The molecule has 170 valence electrons. The number of halogens is 2. The van der Waals surface area contributed by atoms with Crippen LogP contribution < -0.4 is 0 Å². The van der Waals surface area contributed by atoms with Crippen LogP contribution in [0, 0.1) is 28.6 Å². The molecule has 0 amide bonds. The molecule has 0 aromatic rings. The Morgan fingerprint density at radius 1 is 1.23 bits per heavy atom. The predicted molar refractivity (Wildman–Crippen MR) is 105 cm³/mol. The van der Waals surface area contributed by atoms with Gasteiger partial charge >= 0.3 is 11.9 Å². The highest BCUT2D eigenvalue weighted by Gasteiger charge is 2.78. The molecule has 0 unspecified atom stereocenters. The molecule has 6 nitrogen and oxygen atoms in total. The molecule has 0 aromatic carbocycles. The summed E-state index contributed by atoms with van der Waals surface area (Å²) < 4.78 is 37.8. The Kier molecular flexibility index (Phi) is 4.61. The van der Waals surface area contributed by atoms with Crippen LogP contribution in [0.3, 0.4) is 0 Å². The van der Waals surface area contributed by atoms with Crippen LogP contribution >= 0.6 is 0 Å². The largest absolute Gasteiger partial charge is 0.478 e. The zero-order valence-electron chi connectivity index (χ0n) is 18.0. The van der Waals surface area contributed by atoms with Crippen molar-refractivity contribution < 1.29 is 38.1 Å². The monoisotopic (exact) mass is 438 g/mol. The zero-order chi connectivity index (χ0) is 23.1. The van der Waals surface area contributed by atoms with Crippen LogP contribution in [0.2, 0.25) is 0 Å². The first kappa shape index (κ1) is 22.1. The van der Waals surface area contributed by atoms with Crippen molar-refractivity contribution >= 4 is 17.7 Å². The average molecular weight is 438 g/mol. The van der Waals surface area contributed by atoms with Gasteiger partial charge in [0.05, 0.1) is 6.10 Å². The number of carbonyl (C=O) groups excluding carboxylic acids is 2. The van der Waals surface area contributed by atoms with Crippen molar-refractivity contribution in [3.05, 3.63) is 23.8 Å². The molecule has 4 rings (SSSR count). The average Bonchev–Trinajstić information content (AvgIpc) is 2.87. The molecule has 0 aliphatic heterocycles. The van der Waals surface area contributed by atoms with E-state index in [-0.39, 0.29) is 24.8 Å². The SMILES string of the molecule is CC(=O)O[C@@]1(C(=O)O)[C@@H](C)C[C@@H]2[C@H]3C[C@H](F)C4=CC(=O)C=C[C@]4(C)[C@]3(F)[C@@H](O)C[C@]21C. The Morgan fingerprint density at radius 3 is 2.45 bits per heavy atom. The second-order valence-corrected chi connectivity index (χ2v) is 10.1. The van der Waals surface area contributed by atoms with Gasteiger partial charge in [0.1, 0.15) is 6.17 Å². The maximum absolute atomic E-state index is 17.0. The fourth-order valence-electron chi connectivity index (χ4n) is 7.47. The van der Waals surface area contributed by atoms with E-state index in [0.29, 0.717) is 0 Å². The van der Waals surface area contributed by atoms with Crippen molar-refractivity contribution in [1.82, 2.24) is 0 Å². The molecular formula is C23H28F2O6. The molecule has 3 saturated carbocycles. The Labute approximate surface area is 179 Å². The molecular weight excluding hydrogens is 410 g/mol. The lowest BCUT2D eigenvalue weighted by Gasteiger charge is -2.62. The quantitative estimate of drug-likeness (QED) is 0.643. The van der Waals surface area contributed by atoms with E-state index >= 15 is 8.78 Å². The van der Waals surface area contributed by atoms with E-state index in [2.05, 4.69) is 0 Å². The van der Waals surface area contributed by atoms with Gasteiger partial charge in [0.25, 0.3) is 0 Å². The summed E-state index contributed by atoms with van der Waals surface area (Å²) in [7, 11) is 0. The van der Waals surface area contributed by atoms with Crippen molar-refractivity contribution in [2.24, 2.45) is 28.6 Å². The molecule has 0 radical (unpaired) electrons. The predicted octanol–water partition coefficient (Wildman–Crippen LogP) is 2.94. The number of carboxylic acid groups (broad SMARTS) is 1. The first-order chi connectivity index (χ1) is 14.3. The first-order valence-electron chi connectivity index (χ1n) is 10.6. The number of aliphatic hydroxyl groups excluding tert-OH is 1. The number of carboxylic acids is 1. The smallest absolute Gasteiger partial charge is 0.349 e. The number of hydrogen-bond acceptors (Lipinski definition) is 5. The normalized spacial score (nSPS) is 50.7. The summed E-state index contributed by atoms with van der Waals surface area (Å²) in [5.74, 6) is -4.88. The number of aliphatic carboxylic acids is 1. The van der Waals surface area contributed by atoms with Crippen LogP contribution in [0.4, 0.5) is 8.78 Å². The first-order valence-corrected chi connectivity index (χ1v) is 10.6. The molecule has 3 fully saturated rings. The maximum Gasteiger partial charge on any atom is 0.349 e. The van der Waals surface area contributed by atoms with Crippen molar-refractivity contribution in [3.63, 3.8) is 0 Å². The van der Waals surface area contributed by atoms with Gasteiger partial charge in [0.2, 0.25) is 5.60 Å². The Morgan fingerprint density at radius 2 is 1.87 bits per heavy atom. The lowest BCUT2D eigenvalue weighted by atomic mass is 9.44. The van der Waals surface area contributed by atoms with Crippen LogP contribution in [0.25, 0.3) is 0 Å². The zero-order valence-corrected chi connectivity index (χ0v) is 18.0. The molecule has 0 saturated heterocycles. The van der Waals surface area contributed by atoms with Gasteiger partial charge in [-0.1, -0.05) is 19.9 Å². The van der Waals surface area contributed by atoms with E-state index in [1.807, 2.05) is 0 Å². The number of carbonyl (C=O) groups is 3. The summed E-state index contributed by atoms with van der Waals surface area (Å²) in [6, 6.07) is 0. The van der Waals surface area contributed by atoms with E-state index in [1.165, 1.54) is 19.1 Å². The standard InChI is InChI=1S/C23H28F2O6/c1-11-7-14-15-9-17(24)16-8-13(27)5-6-20(16,3)22(15,25)18(28)10-21(14,4)23(11,19(29)30)31-12(2)26/h5-6,8,11,14-15,17-18,28H,7,9-10H2,1-4H3,(H,29,30)/t11-,14+,15+,17-,18-,20-,21+,22+,23+/m0/s1. The summed E-state index contributed by atoms with van der Waals surface area (Å²) in [6.07, 6.45) is 0.0600. The van der Waals surface area contributed by atoms with Crippen LogP contribution in [-0.4, -0.2) is 51.5 Å². The lowest BCUT2D eigenvalue weighted by Crippen LogP contribution is -2.70. The highest BCUT2D eigenvalue weighted by molar-refractivity contribution is 6.01. The van der Waals surface area contributed by atoms with Crippen LogP contribution in [-0.2, 0) is 19.1 Å². The summed E-state index contributed by atoms with van der Waals surface area (Å²) in [5.41, 5.74) is -7.07. The molecule has 4 aliphatic rings. The van der Waals surface area contributed by atoms with E-state index in [1.54, 1.807) is 13.8 Å². The van der Waals surface area contributed by atoms with Crippen LogP contribution in [0.5, 0.6) is 0 Å². The summed E-state index contributed by atoms with van der Waals surface area (Å²) in [4.78, 5) is 36.2. The van der Waals surface area contributed by atoms with E-state index in [0.717, 1.165) is 13.0 Å². The Bertz CT molecular complexity index is 929. The number of rotatable bonds is 2. The van der Waals surface area contributed by atoms with E-state index in [9.17, 15) is 24.6 Å². The minimum atomic E-state index is -2.30. The number of alkyl halides is 2. The molecule has 8 heteroatoms. The third kappa shape index (κ3) is 2.42. The molecule has 9 atom stereocenters. The number of fused-ring (bicyclic) bond motifs is 5. The molecule has 31 heavy (non-hydrogen) atoms. The van der Waals surface area contributed by atoms with E-state index in [4.69, 9.17) is 4.74 Å². The van der Waals surface area contributed by atoms with Crippen molar-refractivity contribution in [3.8, 4) is 0 Å². The number of ether oxygens (including phenoxy) is 1. The number of aliphatic hydroxyl groups is 1. The Balaban J connectivity index is 1.89. The van der Waals surface area contributed by atoms with Gasteiger partial charge in [-0.25, -0.2) is 13.6 Å². The molecule has 0 aromatic heterocycles. The van der Waals surface area contributed by atoms with Gasteiger partial charge in [-0.15, -0.1) is 0 Å². The Hall–Kier alpha value is -2.09. The van der Waals surface area contributed by atoms with Crippen LogP contribution in [0.15, 0.2) is 23.8 Å². The van der Waals surface area contributed by atoms with Gasteiger partial charge in [0, 0.05) is 29.6 Å². The van der Waals surface area contributed by atoms with Gasteiger partial charge in [-0.2, -0.15) is 0 Å². The third-order valence-corrected chi connectivity index (χ3v) is 8.79. The molecule has 0 heterocycles. The summed E-state index contributed by atoms with van der Waals surface area (Å²) in [5, 5.41) is 21.4. The maximum atomic E-state index is 17.0. The van der Waals surface area contributed by atoms with Crippen molar-refractivity contribution in [1.29, 1.82) is 0 Å². The second-order valence-electron chi connectivity index (χ2n) is 10.1. The van der Waals surface area contributed by atoms with Gasteiger partial charge < -0.3 is 14.9 Å². The topological polar surface area (TPSA) is 101 Å². The van der Waals surface area contributed by atoms with Crippen LogP contribution in [0.1, 0.15) is 47.0 Å². The van der Waals surface area contributed by atoms with Crippen molar-refractivity contribution in [2.45, 2.75) is 70.5 Å². The third-order valence-electron chi connectivity index (χ3n) is 8.79. The minimum Gasteiger partial charge on any atom is -0.478 e. The van der Waals surface area contributed by atoms with Gasteiger partial charge in [-0.3, -0.25) is 9.59 Å².